The Morgan fingerprint density at radius 3 is 2.31 bits per heavy atom. The molecule has 0 saturated carbocycles. The van der Waals surface area contributed by atoms with Gasteiger partial charge in [0.15, 0.2) is 11.5 Å². The number of carbonyl (C=O) groups is 2. The van der Waals surface area contributed by atoms with E-state index in [2.05, 4.69) is 19.9 Å². The van der Waals surface area contributed by atoms with Crippen LogP contribution in [0.4, 0.5) is 0 Å². The first-order chi connectivity index (χ1) is 16.9. The van der Waals surface area contributed by atoms with E-state index < -0.39 is 5.92 Å². The highest BCUT2D eigenvalue weighted by atomic mass is 16.5. The van der Waals surface area contributed by atoms with Crippen LogP contribution in [0.5, 0.6) is 11.5 Å². The quantitative estimate of drug-likeness (QED) is 0.621. The smallest absolute Gasteiger partial charge is 0.254 e. The van der Waals surface area contributed by atoms with Gasteiger partial charge in [-0.25, -0.2) is 0 Å². The van der Waals surface area contributed by atoms with Gasteiger partial charge in [-0.1, -0.05) is 32.0 Å². The third-order valence-electron chi connectivity index (χ3n) is 7.63. The fourth-order valence-electron chi connectivity index (χ4n) is 6.38. The number of piperidine rings is 1. The number of benzene rings is 2. The molecule has 3 heterocycles. The van der Waals surface area contributed by atoms with Gasteiger partial charge in [-0.3, -0.25) is 9.59 Å². The molecule has 186 valence electrons. The van der Waals surface area contributed by atoms with Gasteiger partial charge in [-0.05, 0) is 73.4 Å². The van der Waals surface area contributed by atoms with Gasteiger partial charge < -0.3 is 19.3 Å². The highest BCUT2D eigenvalue weighted by Crippen LogP contribution is 2.49. The molecule has 0 radical (unpaired) electrons. The molecule has 1 fully saturated rings. The number of likely N-dealkylation sites (tertiary alicyclic amines) is 1. The van der Waals surface area contributed by atoms with Crippen molar-refractivity contribution in [2.45, 2.75) is 52.5 Å². The molecule has 35 heavy (non-hydrogen) atoms. The summed E-state index contributed by atoms with van der Waals surface area (Å²) in [7, 11) is 0. The fraction of sp³-hybridized carbons (Fsp3) is 0.517. The zero-order valence-corrected chi connectivity index (χ0v) is 21.3. The highest BCUT2D eigenvalue weighted by molar-refractivity contribution is 6.01. The van der Waals surface area contributed by atoms with E-state index in [0.717, 1.165) is 48.4 Å². The van der Waals surface area contributed by atoms with Gasteiger partial charge in [0.05, 0.1) is 25.2 Å². The van der Waals surface area contributed by atoms with Crippen molar-refractivity contribution in [3.63, 3.8) is 0 Å². The molecule has 0 spiro atoms. The van der Waals surface area contributed by atoms with Crippen LogP contribution in [0.2, 0.25) is 0 Å². The number of ether oxygens (including phenoxy) is 2. The van der Waals surface area contributed by atoms with Crippen molar-refractivity contribution in [1.82, 2.24) is 9.80 Å². The average Bonchev–Trinajstić information content (AvgIpc) is 2.84. The zero-order valence-electron chi connectivity index (χ0n) is 21.3. The summed E-state index contributed by atoms with van der Waals surface area (Å²) in [5.41, 5.74) is 3.62. The third kappa shape index (κ3) is 4.17. The van der Waals surface area contributed by atoms with Gasteiger partial charge in [-0.15, -0.1) is 0 Å². The number of rotatable bonds is 5. The van der Waals surface area contributed by atoms with Crippen molar-refractivity contribution in [3.8, 4) is 11.5 Å². The predicted octanol–water partition coefficient (Wildman–Crippen LogP) is 4.83. The molecule has 0 aromatic heterocycles. The number of fused-ring (bicyclic) bond motifs is 4. The van der Waals surface area contributed by atoms with Gasteiger partial charge in [0, 0.05) is 25.2 Å². The van der Waals surface area contributed by atoms with Crippen LogP contribution in [0.15, 0.2) is 36.4 Å². The summed E-state index contributed by atoms with van der Waals surface area (Å²) in [5, 5.41) is 0. The van der Waals surface area contributed by atoms with Crippen LogP contribution in [0, 0.1) is 11.8 Å². The maximum Gasteiger partial charge on any atom is 0.254 e. The normalized spacial score (nSPS) is 25.4. The Morgan fingerprint density at radius 1 is 0.971 bits per heavy atom. The summed E-state index contributed by atoms with van der Waals surface area (Å²) in [6.07, 6.45) is 1.87. The molecule has 0 unspecified atom stereocenters. The second kappa shape index (κ2) is 9.56. The van der Waals surface area contributed by atoms with Gasteiger partial charge in [-0.2, -0.15) is 0 Å². The molecule has 1 saturated heterocycles. The van der Waals surface area contributed by atoms with Crippen molar-refractivity contribution in [1.29, 1.82) is 0 Å². The molecule has 2 aromatic rings. The van der Waals surface area contributed by atoms with E-state index in [1.54, 1.807) is 0 Å². The maximum atomic E-state index is 14.3. The summed E-state index contributed by atoms with van der Waals surface area (Å²) in [5.74, 6) is 2.03. The Kier molecular flexibility index (Phi) is 6.47. The Balaban J connectivity index is 1.65. The van der Waals surface area contributed by atoms with E-state index in [-0.39, 0.29) is 17.9 Å². The molecular weight excluding hydrogens is 440 g/mol. The largest absolute Gasteiger partial charge is 0.490 e. The summed E-state index contributed by atoms with van der Waals surface area (Å²) >= 11 is 0. The Bertz CT molecular complexity index is 1120. The van der Waals surface area contributed by atoms with E-state index in [9.17, 15) is 9.59 Å². The monoisotopic (exact) mass is 476 g/mol. The molecule has 0 aliphatic carbocycles. The number of hydrogen-bond acceptors (Lipinski definition) is 4. The lowest BCUT2D eigenvalue weighted by atomic mass is 9.75. The van der Waals surface area contributed by atoms with Crippen molar-refractivity contribution >= 4 is 11.8 Å². The first-order valence-electron chi connectivity index (χ1n) is 13.0. The minimum absolute atomic E-state index is 0.00697. The fourth-order valence-corrected chi connectivity index (χ4v) is 6.38. The predicted molar refractivity (Wildman–Crippen MR) is 135 cm³/mol. The molecule has 5 rings (SSSR count). The maximum absolute atomic E-state index is 14.3. The molecule has 3 aliphatic rings. The van der Waals surface area contributed by atoms with Gasteiger partial charge in [0.2, 0.25) is 5.91 Å². The van der Waals surface area contributed by atoms with Crippen molar-refractivity contribution in [2.75, 3.05) is 32.8 Å². The zero-order chi connectivity index (χ0) is 24.7. The SMILES string of the molecule is CCOc1cc2c(cc1OCC)[C@@H]1[C@@H](C(=O)N3C[C@H](C)C[C@H](C)C3)c3ccccc3C(=O)N1CC2. The standard InChI is InChI=1S/C29H36N2O4/c1-5-34-24-14-20-11-12-31-27(23(20)15-25(24)35-6-2)26(21-9-7-8-10-22(21)28(31)32)29(33)30-16-18(3)13-19(4)17-30/h7-10,14-15,18-19,26-27H,5-6,11-13,16-17H2,1-4H3/t18-,19+,26-,27+/m0/s1. The molecular formula is C29H36N2O4. The first-order valence-corrected chi connectivity index (χ1v) is 13.0. The molecule has 4 atom stereocenters. The van der Waals surface area contributed by atoms with Crippen molar-refractivity contribution in [3.05, 3.63) is 58.7 Å². The van der Waals surface area contributed by atoms with Crippen LogP contribution in [0.25, 0.3) is 0 Å². The van der Waals surface area contributed by atoms with E-state index in [1.807, 2.05) is 54.0 Å². The second-order valence-electron chi connectivity index (χ2n) is 10.3. The summed E-state index contributed by atoms with van der Waals surface area (Å²) < 4.78 is 11.8. The van der Waals surface area contributed by atoms with E-state index >= 15 is 0 Å². The average molecular weight is 477 g/mol. The van der Waals surface area contributed by atoms with Crippen LogP contribution < -0.4 is 9.47 Å². The first kappa shape index (κ1) is 23.7. The van der Waals surface area contributed by atoms with Crippen LogP contribution >= 0.6 is 0 Å². The second-order valence-corrected chi connectivity index (χ2v) is 10.3. The lowest BCUT2D eigenvalue weighted by Crippen LogP contribution is -2.52. The third-order valence-corrected chi connectivity index (χ3v) is 7.63. The molecule has 2 aromatic carbocycles. The van der Waals surface area contributed by atoms with E-state index in [4.69, 9.17) is 9.47 Å². The topological polar surface area (TPSA) is 59.1 Å². The molecule has 0 bridgehead atoms. The van der Waals surface area contributed by atoms with Crippen LogP contribution in [-0.4, -0.2) is 54.5 Å². The van der Waals surface area contributed by atoms with Crippen molar-refractivity contribution in [2.24, 2.45) is 11.8 Å². The number of carbonyl (C=O) groups excluding carboxylic acids is 2. The molecule has 6 nitrogen and oxygen atoms in total. The van der Waals surface area contributed by atoms with Gasteiger partial charge in [0.25, 0.3) is 5.91 Å². The molecule has 0 N–H and O–H groups in total. The Labute approximate surface area is 208 Å². The lowest BCUT2D eigenvalue weighted by molar-refractivity contribution is -0.137. The summed E-state index contributed by atoms with van der Waals surface area (Å²) in [6.45, 7) is 11.5. The summed E-state index contributed by atoms with van der Waals surface area (Å²) in [4.78, 5) is 31.9. The van der Waals surface area contributed by atoms with Crippen molar-refractivity contribution < 1.29 is 19.1 Å². The van der Waals surface area contributed by atoms with E-state index in [1.165, 1.54) is 0 Å². The minimum Gasteiger partial charge on any atom is -0.490 e. The van der Waals surface area contributed by atoms with Crippen LogP contribution in [0.1, 0.15) is 73.1 Å². The van der Waals surface area contributed by atoms with Crippen LogP contribution in [-0.2, 0) is 11.2 Å². The van der Waals surface area contributed by atoms with Gasteiger partial charge >= 0.3 is 0 Å². The van der Waals surface area contributed by atoms with Crippen LogP contribution in [0.3, 0.4) is 0 Å². The van der Waals surface area contributed by atoms with E-state index in [0.29, 0.717) is 42.9 Å². The molecule has 2 amide bonds. The Morgan fingerprint density at radius 2 is 1.63 bits per heavy atom. The minimum atomic E-state index is -0.437. The Hall–Kier alpha value is -3.02. The van der Waals surface area contributed by atoms with Gasteiger partial charge in [0.1, 0.15) is 0 Å². The number of amides is 2. The lowest BCUT2D eigenvalue weighted by Gasteiger charge is -2.47. The highest BCUT2D eigenvalue weighted by Gasteiger charge is 2.48. The summed E-state index contributed by atoms with van der Waals surface area (Å²) in [6, 6.07) is 11.4. The number of nitrogens with zero attached hydrogens (tertiary/aromatic N) is 2. The molecule has 3 aliphatic heterocycles. The number of hydrogen-bond donors (Lipinski definition) is 0. The molecule has 6 heteroatoms.